The van der Waals surface area contributed by atoms with E-state index in [1.807, 2.05) is 0 Å². The maximum absolute atomic E-state index is 10.6. The molecule has 8 heteroatoms. The van der Waals surface area contributed by atoms with Crippen LogP contribution in [0.3, 0.4) is 0 Å². The highest BCUT2D eigenvalue weighted by Gasteiger charge is 2.28. The molecule has 0 aromatic rings. The van der Waals surface area contributed by atoms with Crippen molar-refractivity contribution in [2.75, 3.05) is 14.2 Å². The van der Waals surface area contributed by atoms with Crippen LogP contribution in [0, 0.1) is 11.8 Å². The van der Waals surface area contributed by atoms with E-state index in [0.29, 0.717) is 0 Å². The molecule has 1 saturated heterocycles. The van der Waals surface area contributed by atoms with Gasteiger partial charge < -0.3 is 19.7 Å². The molecule has 0 spiro atoms. The van der Waals surface area contributed by atoms with Gasteiger partial charge in [0, 0.05) is 7.11 Å². The Morgan fingerprint density at radius 1 is 1.40 bits per heavy atom. The van der Waals surface area contributed by atoms with E-state index in [-0.39, 0.29) is 18.8 Å². The number of esters is 3. The summed E-state index contributed by atoms with van der Waals surface area (Å²) >= 11 is 0. The molecular formula is C12H20O8. The third kappa shape index (κ3) is 9.03. The Morgan fingerprint density at radius 2 is 1.90 bits per heavy atom. The molecule has 0 radical (unpaired) electrons. The third-order valence-corrected chi connectivity index (χ3v) is 2.17. The molecule has 20 heavy (non-hydrogen) atoms. The zero-order chi connectivity index (χ0) is 16.3. The number of aliphatic carboxylic acids is 1. The molecule has 0 amide bonds. The van der Waals surface area contributed by atoms with E-state index in [2.05, 4.69) is 9.47 Å². The molecule has 0 aromatic carbocycles. The molecule has 1 aliphatic heterocycles. The Morgan fingerprint density at radius 3 is 2.10 bits per heavy atom. The van der Waals surface area contributed by atoms with Crippen molar-refractivity contribution in [3.63, 3.8) is 0 Å². The molecule has 2 unspecified atom stereocenters. The second-order valence-corrected chi connectivity index (χ2v) is 3.92. The van der Waals surface area contributed by atoms with Gasteiger partial charge in [-0.3, -0.25) is 19.2 Å². The van der Waals surface area contributed by atoms with Gasteiger partial charge >= 0.3 is 23.9 Å². The number of hydrogen-bond donors (Lipinski definition) is 2. The summed E-state index contributed by atoms with van der Waals surface area (Å²) in [5.74, 6) is -3.04. The Bertz CT molecular complexity index is 349. The number of aliphatic hydroxyl groups is 1. The lowest BCUT2D eigenvalue weighted by atomic mass is 10.1. The monoisotopic (exact) mass is 292 g/mol. The quantitative estimate of drug-likeness (QED) is 0.548. The molecule has 1 aliphatic rings. The minimum atomic E-state index is -0.988. The average molecular weight is 292 g/mol. The summed E-state index contributed by atoms with van der Waals surface area (Å²) in [4.78, 5) is 41.1. The van der Waals surface area contributed by atoms with E-state index in [0.717, 1.165) is 7.11 Å². The third-order valence-electron chi connectivity index (χ3n) is 2.17. The molecule has 1 fully saturated rings. The van der Waals surface area contributed by atoms with Crippen LogP contribution in [-0.4, -0.2) is 48.3 Å². The topological polar surface area (TPSA) is 127 Å². The van der Waals surface area contributed by atoms with Crippen LogP contribution in [0.25, 0.3) is 0 Å². The van der Waals surface area contributed by atoms with Gasteiger partial charge in [0.1, 0.15) is 0 Å². The summed E-state index contributed by atoms with van der Waals surface area (Å²) in [6.07, 6.45) is 0.0749. The van der Waals surface area contributed by atoms with E-state index in [1.165, 1.54) is 14.0 Å². The van der Waals surface area contributed by atoms with Gasteiger partial charge in [-0.25, -0.2) is 0 Å². The van der Waals surface area contributed by atoms with Gasteiger partial charge in [-0.05, 0) is 0 Å². The lowest BCUT2D eigenvalue weighted by Crippen LogP contribution is -2.16. The van der Waals surface area contributed by atoms with Crippen molar-refractivity contribution in [3.8, 4) is 0 Å². The van der Waals surface area contributed by atoms with Crippen LogP contribution in [0.15, 0.2) is 0 Å². The number of carboxylic acids is 1. The maximum Gasteiger partial charge on any atom is 0.316 e. The Hall–Kier alpha value is -1.96. The van der Waals surface area contributed by atoms with Crippen molar-refractivity contribution in [3.05, 3.63) is 0 Å². The molecule has 1 heterocycles. The number of carbonyl (C=O) groups excluding carboxylic acids is 3. The number of cyclic esters (lactones) is 2. The first kappa shape index (κ1) is 20.4. The maximum atomic E-state index is 10.6. The van der Waals surface area contributed by atoms with Gasteiger partial charge in [0.15, 0.2) is 0 Å². The molecule has 116 valence electrons. The second kappa shape index (κ2) is 10.9. The summed E-state index contributed by atoms with van der Waals surface area (Å²) in [7, 11) is 2.24. The van der Waals surface area contributed by atoms with Gasteiger partial charge in [-0.2, -0.15) is 0 Å². The number of rotatable bonds is 3. The smallest absolute Gasteiger partial charge is 0.316 e. The summed E-state index contributed by atoms with van der Waals surface area (Å²) in [5.41, 5.74) is 0. The summed E-state index contributed by atoms with van der Waals surface area (Å²) < 4.78 is 8.51. The number of methoxy groups -OCH3 is 1. The first-order valence-corrected chi connectivity index (χ1v) is 5.76. The number of ether oxygens (including phenoxy) is 2. The van der Waals surface area contributed by atoms with Crippen LogP contribution in [-0.2, 0) is 28.7 Å². The average Bonchev–Trinajstić information content (AvgIpc) is 2.67. The van der Waals surface area contributed by atoms with E-state index in [9.17, 15) is 19.2 Å². The molecule has 0 aromatic heterocycles. The molecule has 0 bridgehead atoms. The predicted octanol–water partition coefficient (Wildman–Crippen LogP) is -0.0253. The van der Waals surface area contributed by atoms with E-state index < -0.39 is 29.8 Å². The first-order chi connectivity index (χ1) is 9.27. The van der Waals surface area contributed by atoms with Crippen LogP contribution in [0.2, 0.25) is 0 Å². The zero-order valence-electron chi connectivity index (χ0n) is 11.9. The van der Waals surface area contributed by atoms with E-state index >= 15 is 0 Å². The minimum absolute atomic E-state index is 0.174. The summed E-state index contributed by atoms with van der Waals surface area (Å²) in [5, 5.41) is 15.2. The molecule has 1 rings (SSSR count). The molecular weight excluding hydrogens is 272 g/mol. The van der Waals surface area contributed by atoms with Gasteiger partial charge in [0.05, 0.1) is 31.8 Å². The van der Waals surface area contributed by atoms with Crippen molar-refractivity contribution in [1.82, 2.24) is 0 Å². The standard InChI is InChI=1S/C6H10O4.C5H6O3.CH4O/c1-4(3-5(7)8)6(9)10-2;1-3-2-4(6)8-5(3)7;1-2/h4H,3H2,1-2H3,(H,7,8);3H,2H2,1H3;2H,1H3. The normalized spacial score (nSPS) is 17.8. The van der Waals surface area contributed by atoms with Gasteiger partial charge in [0.25, 0.3) is 0 Å². The number of carboxylic acid groups (broad SMARTS) is 1. The molecule has 2 N–H and O–H groups in total. The van der Waals surface area contributed by atoms with Crippen LogP contribution >= 0.6 is 0 Å². The molecule has 2 atom stereocenters. The fourth-order valence-corrected chi connectivity index (χ4v) is 1.13. The van der Waals surface area contributed by atoms with E-state index in [4.69, 9.17) is 10.2 Å². The number of carbonyl (C=O) groups is 4. The Balaban J connectivity index is 0. The largest absolute Gasteiger partial charge is 0.481 e. The first-order valence-electron chi connectivity index (χ1n) is 5.76. The van der Waals surface area contributed by atoms with Crippen LogP contribution in [0.4, 0.5) is 0 Å². The van der Waals surface area contributed by atoms with Gasteiger partial charge in [-0.1, -0.05) is 13.8 Å². The fraction of sp³-hybridized carbons (Fsp3) is 0.667. The van der Waals surface area contributed by atoms with Crippen molar-refractivity contribution in [2.24, 2.45) is 11.8 Å². The van der Waals surface area contributed by atoms with E-state index in [1.54, 1.807) is 6.92 Å². The Labute approximate surface area is 116 Å². The second-order valence-electron chi connectivity index (χ2n) is 3.92. The summed E-state index contributed by atoms with van der Waals surface area (Å²) in [6, 6.07) is 0. The van der Waals surface area contributed by atoms with Crippen LogP contribution < -0.4 is 0 Å². The molecule has 0 saturated carbocycles. The van der Waals surface area contributed by atoms with Crippen molar-refractivity contribution < 1.29 is 38.9 Å². The van der Waals surface area contributed by atoms with Crippen molar-refractivity contribution in [1.29, 1.82) is 0 Å². The number of hydrogen-bond acceptors (Lipinski definition) is 7. The van der Waals surface area contributed by atoms with Crippen molar-refractivity contribution >= 4 is 23.9 Å². The Kier molecular flexibility index (Phi) is 11.1. The highest BCUT2D eigenvalue weighted by molar-refractivity contribution is 5.94. The molecule has 0 aliphatic carbocycles. The molecule has 8 nitrogen and oxygen atoms in total. The van der Waals surface area contributed by atoms with Gasteiger partial charge in [-0.15, -0.1) is 0 Å². The lowest BCUT2D eigenvalue weighted by Gasteiger charge is -2.03. The minimum Gasteiger partial charge on any atom is -0.481 e. The lowest BCUT2D eigenvalue weighted by molar-refractivity contribution is -0.153. The fourth-order valence-electron chi connectivity index (χ4n) is 1.13. The predicted molar refractivity (Wildman–Crippen MR) is 66.5 cm³/mol. The highest BCUT2D eigenvalue weighted by Crippen LogP contribution is 2.13. The SMILES string of the molecule is CC1CC(=O)OC1=O.CO.COC(=O)C(C)CC(=O)O. The van der Waals surface area contributed by atoms with Crippen LogP contribution in [0.5, 0.6) is 0 Å². The highest BCUT2D eigenvalue weighted by atomic mass is 16.6. The number of aliphatic hydroxyl groups excluding tert-OH is 1. The van der Waals surface area contributed by atoms with Crippen LogP contribution in [0.1, 0.15) is 26.7 Å². The van der Waals surface area contributed by atoms with Crippen molar-refractivity contribution in [2.45, 2.75) is 26.7 Å². The summed E-state index contributed by atoms with van der Waals surface area (Å²) in [6.45, 7) is 3.19. The van der Waals surface area contributed by atoms with Gasteiger partial charge in [0.2, 0.25) is 0 Å². The zero-order valence-corrected chi connectivity index (χ0v) is 11.9.